The van der Waals surface area contributed by atoms with E-state index in [1.165, 1.54) is 6.07 Å². The van der Waals surface area contributed by atoms with Crippen LogP contribution in [0.15, 0.2) is 23.8 Å². The number of rotatable bonds is 3. The second-order valence-electron chi connectivity index (χ2n) is 4.86. The molecule has 0 radical (unpaired) electrons. The maximum Gasteiger partial charge on any atom is 0.194 e. The zero-order valence-corrected chi connectivity index (χ0v) is 11.0. The minimum Gasteiger partial charge on any atom is -0.310 e. The zero-order valence-electron chi connectivity index (χ0n) is 11.0. The molecule has 1 nitrogen and oxygen atoms in total. The van der Waals surface area contributed by atoms with Crippen LogP contribution in [0.3, 0.4) is 0 Å². The molecule has 1 aromatic rings. The Hall–Kier alpha value is -1.29. The van der Waals surface area contributed by atoms with Crippen molar-refractivity contribution in [1.29, 1.82) is 0 Å². The molecule has 19 heavy (non-hydrogen) atoms. The first kappa shape index (κ1) is 14.1. The Morgan fingerprint density at radius 2 is 1.84 bits per heavy atom. The first-order valence-corrected chi connectivity index (χ1v) is 6.64. The highest BCUT2D eigenvalue weighted by atomic mass is 19.2. The Balaban J connectivity index is 2.36. The van der Waals surface area contributed by atoms with Gasteiger partial charge in [0.25, 0.3) is 0 Å². The van der Waals surface area contributed by atoms with Crippen LogP contribution >= 0.6 is 0 Å². The van der Waals surface area contributed by atoms with Gasteiger partial charge in [-0.25, -0.2) is 13.2 Å². The van der Waals surface area contributed by atoms with Gasteiger partial charge in [-0.2, -0.15) is 0 Å². The molecule has 4 heteroatoms. The average molecular weight is 269 g/mol. The molecule has 0 fully saturated rings. The maximum absolute atomic E-state index is 13.9. The molecule has 1 atom stereocenters. The summed E-state index contributed by atoms with van der Waals surface area (Å²) < 4.78 is 40.2. The van der Waals surface area contributed by atoms with Crippen molar-refractivity contribution in [1.82, 2.24) is 5.32 Å². The molecule has 0 aliphatic heterocycles. The van der Waals surface area contributed by atoms with Gasteiger partial charge >= 0.3 is 0 Å². The first-order valence-electron chi connectivity index (χ1n) is 6.64. The minimum atomic E-state index is -1.40. The van der Waals surface area contributed by atoms with Crippen LogP contribution in [-0.2, 0) is 0 Å². The third kappa shape index (κ3) is 3.00. The van der Waals surface area contributed by atoms with Gasteiger partial charge < -0.3 is 5.32 Å². The van der Waals surface area contributed by atoms with Gasteiger partial charge in [-0.1, -0.05) is 24.1 Å². The molecule has 0 saturated heterocycles. The van der Waals surface area contributed by atoms with E-state index >= 15 is 0 Å². The fourth-order valence-electron chi connectivity index (χ4n) is 2.61. The summed E-state index contributed by atoms with van der Waals surface area (Å²) in [6.07, 6.45) is 7.24. The fourth-order valence-corrected chi connectivity index (χ4v) is 2.61. The predicted octanol–water partition coefficient (Wildman–Crippen LogP) is 4.25. The van der Waals surface area contributed by atoms with Crippen LogP contribution in [-0.4, -0.2) is 7.05 Å². The Kier molecular flexibility index (Phi) is 4.64. The number of benzene rings is 1. The summed E-state index contributed by atoms with van der Waals surface area (Å²) in [7, 11) is 1.71. The Morgan fingerprint density at radius 3 is 2.58 bits per heavy atom. The van der Waals surface area contributed by atoms with E-state index in [2.05, 4.69) is 11.4 Å². The third-order valence-corrected chi connectivity index (χ3v) is 3.61. The monoisotopic (exact) mass is 269 g/mol. The van der Waals surface area contributed by atoms with Crippen molar-refractivity contribution in [2.45, 2.75) is 38.1 Å². The number of allylic oxidation sites excluding steroid dienone is 1. The van der Waals surface area contributed by atoms with E-state index in [4.69, 9.17) is 0 Å². The topological polar surface area (TPSA) is 12.0 Å². The lowest BCUT2D eigenvalue weighted by Gasteiger charge is -2.21. The maximum atomic E-state index is 13.9. The van der Waals surface area contributed by atoms with Gasteiger partial charge in [-0.05, 0) is 38.8 Å². The highest BCUT2D eigenvalue weighted by Gasteiger charge is 2.22. The summed E-state index contributed by atoms with van der Waals surface area (Å²) >= 11 is 0. The summed E-state index contributed by atoms with van der Waals surface area (Å²) in [6, 6.07) is 1.92. The van der Waals surface area contributed by atoms with Crippen molar-refractivity contribution < 1.29 is 13.2 Å². The quantitative estimate of drug-likeness (QED) is 0.638. The Bertz CT molecular complexity index is 483. The highest BCUT2D eigenvalue weighted by Crippen LogP contribution is 2.31. The molecule has 1 aliphatic carbocycles. The molecular weight excluding hydrogens is 251 g/mol. The molecule has 0 bridgehead atoms. The second kappa shape index (κ2) is 6.24. The summed E-state index contributed by atoms with van der Waals surface area (Å²) in [4.78, 5) is 0. The fraction of sp³-hybridized carbons (Fsp3) is 0.467. The van der Waals surface area contributed by atoms with E-state index in [1.807, 2.05) is 0 Å². The lowest BCUT2D eigenvalue weighted by Crippen LogP contribution is -2.20. The molecule has 0 aromatic heterocycles. The number of hydrogen-bond acceptors (Lipinski definition) is 1. The predicted molar refractivity (Wildman–Crippen MR) is 69.3 cm³/mol. The number of likely N-dealkylation sites (N-methyl/N-ethyl adjacent to an activating group) is 1. The van der Waals surface area contributed by atoms with Crippen LogP contribution in [0.4, 0.5) is 13.2 Å². The molecule has 1 aromatic carbocycles. The molecule has 1 N–H and O–H groups in total. The second-order valence-corrected chi connectivity index (χ2v) is 4.86. The standard InChI is InChI=1S/C15H18F3N/c1-19-15(10-6-4-2-3-5-7-10)11-8-9-12(16)14(18)13(11)17/h6,8-9,15,19H,2-5,7H2,1H3. The van der Waals surface area contributed by atoms with Crippen LogP contribution in [0.25, 0.3) is 0 Å². The van der Waals surface area contributed by atoms with Crippen LogP contribution in [0, 0.1) is 17.5 Å². The van der Waals surface area contributed by atoms with Crippen molar-refractivity contribution >= 4 is 0 Å². The molecule has 1 aliphatic rings. The molecule has 1 unspecified atom stereocenters. The van der Waals surface area contributed by atoms with Crippen LogP contribution in [0.1, 0.15) is 43.7 Å². The van der Waals surface area contributed by atoms with Gasteiger partial charge in [0.15, 0.2) is 17.5 Å². The van der Waals surface area contributed by atoms with Crippen molar-refractivity contribution in [2.24, 2.45) is 0 Å². The molecule has 0 amide bonds. The van der Waals surface area contributed by atoms with Gasteiger partial charge in [0.1, 0.15) is 0 Å². The lowest BCUT2D eigenvalue weighted by atomic mass is 9.94. The first-order chi connectivity index (χ1) is 9.15. The van der Waals surface area contributed by atoms with Crippen LogP contribution in [0.2, 0.25) is 0 Å². The molecule has 2 rings (SSSR count). The molecule has 0 saturated carbocycles. The van der Waals surface area contributed by atoms with Crippen molar-refractivity contribution in [3.63, 3.8) is 0 Å². The highest BCUT2D eigenvalue weighted by molar-refractivity contribution is 5.31. The van der Waals surface area contributed by atoms with Gasteiger partial charge in [-0.3, -0.25) is 0 Å². The van der Waals surface area contributed by atoms with Gasteiger partial charge in [0.2, 0.25) is 0 Å². The number of halogens is 3. The van der Waals surface area contributed by atoms with E-state index in [0.717, 1.165) is 43.7 Å². The van der Waals surface area contributed by atoms with Crippen LogP contribution < -0.4 is 5.32 Å². The van der Waals surface area contributed by atoms with Crippen molar-refractivity contribution in [3.8, 4) is 0 Å². The van der Waals surface area contributed by atoms with Gasteiger partial charge in [0, 0.05) is 5.56 Å². The van der Waals surface area contributed by atoms with Gasteiger partial charge in [0.05, 0.1) is 6.04 Å². The third-order valence-electron chi connectivity index (χ3n) is 3.61. The van der Waals surface area contributed by atoms with E-state index in [1.54, 1.807) is 7.05 Å². The van der Waals surface area contributed by atoms with E-state index in [0.29, 0.717) is 0 Å². The molecule has 0 spiro atoms. The smallest absolute Gasteiger partial charge is 0.194 e. The summed E-state index contributed by atoms with van der Waals surface area (Å²) in [5, 5.41) is 3.01. The minimum absolute atomic E-state index is 0.176. The summed E-state index contributed by atoms with van der Waals surface area (Å²) in [6.45, 7) is 0. The Labute approximate surface area is 111 Å². The number of nitrogens with one attached hydrogen (secondary N) is 1. The summed E-state index contributed by atoms with van der Waals surface area (Å²) in [5.41, 5.74) is 1.24. The van der Waals surface area contributed by atoms with Crippen molar-refractivity contribution in [2.75, 3.05) is 7.05 Å². The Morgan fingerprint density at radius 1 is 1.05 bits per heavy atom. The van der Waals surface area contributed by atoms with E-state index in [-0.39, 0.29) is 11.6 Å². The molecule has 104 valence electrons. The zero-order chi connectivity index (χ0) is 13.8. The van der Waals surface area contributed by atoms with E-state index < -0.39 is 17.5 Å². The summed E-state index contributed by atoms with van der Waals surface area (Å²) in [5.74, 6) is -3.64. The van der Waals surface area contributed by atoms with E-state index in [9.17, 15) is 13.2 Å². The largest absolute Gasteiger partial charge is 0.310 e. The van der Waals surface area contributed by atoms with Crippen LogP contribution in [0.5, 0.6) is 0 Å². The van der Waals surface area contributed by atoms with Crippen molar-refractivity contribution in [3.05, 3.63) is 46.8 Å². The molecular formula is C15H18F3N. The molecule has 0 heterocycles. The number of hydrogen-bond donors (Lipinski definition) is 1. The average Bonchev–Trinajstić information content (AvgIpc) is 2.69. The SMILES string of the molecule is CNC(C1=CCCCCC1)c1ccc(F)c(F)c1F. The van der Waals surface area contributed by atoms with Gasteiger partial charge in [-0.15, -0.1) is 0 Å². The lowest BCUT2D eigenvalue weighted by molar-refractivity contribution is 0.433. The normalized spacial score (nSPS) is 17.8.